The molecule has 28 heavy (non-hydrogen) atoms. The van der Waals surface area contributed by atoms with Crippen LogP contribution >= 0.6 is 0 Å². The van der Waals surface area contributed by atoms with Crippen molar-refractivity contribution in [1.82, 2.24) is 4.98 Å². The molecule has 1 aromatic heterocycles. The molecule has 0 bridgehead atoms. The minimum absolute atomic E-state index is 0.214. The highest BCUT2D eigenvalue weighted by Crippen LogP contribution is 2.32. The third-order valence-electron chi connectivity index (χ3n) is 4.96. The maximum atomic E-state index is 10.2. The van der Waals surface area contributed by atoms with Gasteiger partial charge in [0.25, 0.3) is 0 Å². The van der Waals surface area contributed by atoms with Gasteiger partial charge < -0.3 is 9.84 Å². The molecule has 0 fully saturated rings. The van der Waals surface area contributed by atoms with Crippen LogP contribution in [0.1, 0.15) is 13.3 Å². The van der Waals surface area contributed by atoms with Crippen molar-refractivity contribution in [2.45, 2.75) is 13.3 Å². The average molecular weight is 370 g/mol. The topological polar surface area (TPSA) is 54.7 Å². The number of allylic oxidation sites excluding steroid dienone is 4. The second-order valence-electron chi connectivity index (χ2n) is 6.88. The normalized spacial score (nSPS) is 16.9. The van der Waals surface area contributed by atoms with Gasteiger partial charge in [0.1, 0.15) is 11.5 Å². The molecule has 1 atom stereocenters. The Morgan fingerprint density at radius 1 is 1.11 bits per heavy atom. The van der Waals surface area contributed by atoms with Crippen LogP contribution in [0, 0.1) is 5.92 Å². The van der Waals surface area contributed by atoms with Crippen LogP contribution in [-0.4, -0.2) is 23.4 Å². The molecule has 0 amide bonds. The van der Waals surface area contributed by atoms with E-state index in [1.807, 2.05) is 54.8 Å². The predicted octanol–water partition coefficient (Wildman–Crippen LogP) is 5.81. The summed E-state index contributed by atoms with van der Waals surface area (Å²) in [6, 6.07) is 17.1. The number of benzene rings is 2. The summed E-state index contributed by atoms with van der Waals surface area (Å²) in [4.78, 5) is 9.49. The summed E-state index contributed by atoms with van der Waals surface area (Å²) < 4.78 is 5.58. The monoisotopic (exact) mass is 370 g/mol. The molecular formula is C24H22N2O2. The van der Waals surface area contributed by atoms with E-state index in [4.69, 9.17) is 14.7 Å². The second kappa shape index (κ2) is 7.69. The van der Waals surface area contributed by atoms with Crippen molar-refractivity contribution in [3.63, 3.8) is 0 Å². The van der Waals surface area contributed by atoms with Crippen molar-refractivity contribution in [2.75, 3.05) is 7.11 Å². The Balaban J connectivity index is 1.78. The zero-order valence-electron chi connectivity index (χ0n) is 16.0. The standard InChI is InChI=1S/C24H22N2O2/c1-16-7-5-9-18(24(16)28-2)15-25-21-11-6-8-17-13-14-20(26-23(17)21)19-10-3-4-12-22(19)27/h3-6,8-16,27H,7H2,1-2H3. The lowest BCUT2D eigenvalue weighted by Crippen LogP contribution is -2.08. The molecule has 1 aliphatic carbocycles. The molecule has 1 N–H and O–H groups in total. The SMILES string of the molecule is COC1=C(C=Nc2cccc3ccc(-c4ccccc4O)nc23)C=CCC1C. The van der Waals surface area contributed by atoms with E-state index in [1.165, 1.54) is 0 Å². The Kier molecular flexibility index (Phi) is 4.94. The van der Waals surface area contributed by atoms with Crippen molar-refractivity contribution in [3.8, 4) is 17.0 Å². The Morgan fingerprint density at radius 2 is 1.96 bits per heavy atom. The summed E-state index contributed by atoms with van der Waals surface area (Å²) in [5.74, 6) is 1.51. The van der Waals surface area contributed by atoms with Crippen LogP contribution in [0.4, 0.5) is 5.69 Å². The number of para-hydroxylation sites is 2. The number of hydrogen-bond donors (Lipinski definition) is 1. The van der Waals surface area contributed by atoms with E-state index in [9.17, 15) is 5.11 Å². The first kappa shape index (κ1) is 18.0. The maximum Gasteiger partial charge on any atom is 0.124 e. The number of phenolic OH excluding ortho intramolecular Hbond substituents is 1. The zero-order chi connectivity index (χ0) is 19.5. The van der Waals surface area contributed by atoms with Gasteiger partial charge in [0.05, 0.1) is 24.0 Å². The van der Waals surface area contributed by atoms with Crippen LogP contribution in [0.15, 0.2) is 83.1 Å². The smallest absolute Gasteiger partial charge is 0.124 e. The van der Waals surface area contributed by atoms with E-state index >= 15 is 0 Å². The van der Waals surface area contributed by atoms with Gasteiger partial charge in [-0.1, -0.05) is 49.4 Å². The van der Waals surface area contributed by atoms with Gasteiger partial charge in [-0.2, -0.15) is 0 Å². The molecule has 1 unspecified atom stereocenters. The first-order chi connectivity index (χ1) is 13.7. The van der Waals surface area contributed by atoms with Crippen molar-refractivity contribution in [2.24, 2.45) is 10.9 Å². The number of pyridine rings is 1. The van der Waals surface area contributed by atoms with Crippen LogP contribution in [-0.2, 0) is 4.74 Å². The number of aromatic nitrogens is 1. The molecule has 1 aliphatic rings. The zero-order valence-corrected chi connectivity index (χ0v) is 16.0. The van der Waals surface area contributed by atoms with Crippen LogP contribution < -0.4 is 0 Å². The average Bonchev–Trinajstić information content (AvgIpc) is 2.72. The predicted molar refractivity (Wildman–Crippen MR) is 114 cm³/mol. The molecule has 4 heteroatoms. The number of aliphatic imine (C=N–C) groups is 1. The largest absolute Gasteiger partial charge is 0.507 e. The van der Waals surface area contributed by atoms with Gasteiger partial charge in [0.15, 0.2) is 0 Å². The van der Waals surface area contributed by atoms with Gasteiger partial charge >= 0.3 is 0 Å². The Labute approximate surface area is 164 Å². The number of fused-ring (bicyclic) bond motifs is 1. The maximum absolute atomic E-state index is 10.2. The van der Waals surface area contributed by atoms with Gasteiger partial charge in [0.2, 0.25) is 0 Å². The summed E-state index contributed by atoms with van der Waals surface area (Å²) in [6.07, 6.45) is 7.01. The summed E-state index contributed by atoms with van der Waals surface area (Å²) in [5, 5.41) is 11.2. The lowest BCUT2D eigenvalue weighted by atomic mass is 9.96. The Hall–Kier alpha value is -3.40. The molecule has 0 aliphatic heterocycles. The van der Waals surface area contributed by atoms with E-state index in [-0.39, 0.29) is 5.75 Å². The Morgan fingerprint density at radius 3 is 2.79 bits per heavy atom. The van der Waals surface area contributed by atoms with E-state index in [0.29, 0.717) is 11.5 Å². The fourth-order valence-corrected chi connectivity index (χ4v) is 3.51. The number of hydrogen-bond acceptors (Lipinski definition) is 4. The summed E-state index contributed by atoms with van der Waals surface area (Å²) in [6.45, 7) is 2.15. The highest BCUT2D eigenvalue weighted by atomic mass is 16.5. The molecule has 140 valence electrons. The minimum atomic E-state index is 0.214. The van der Waals surface area contributed by atoms with Crippen LogP contribution in [0.25, 0.3) is 22.2 Å². The number of rotatable bonds is 4. The molecule has 2 aromatic carbocycles. The molecule has 0 spiro atoms. The molecule has 1 heterocycles. The first-order valence-corrected chi connectivity index (χ1v) is 9.34. The van der Waals surface area contributed by atoms with Gasteiger partial charge in [-0.15, -0.1) is 0 Å². The lowest BCUT2D eigenvalue weighted by Gasteiger charge is -2.18. The lowest BCUT2D eigenvalue weighted by molar-refractivity contribution is 0.244. The van der Waals surface area contributed by atoms with Crippen molar-refractivity contribution >= 4 is 22.8 Å². The molecule has 4 nitrogen and oxygen atoms in total. The van der Waals surface area contributed by atoms with E-state index < -0.39 is 0 Å². The highest BCUT2D eigenvalue weighted by Gasteiger charge is 2.15. The first-order valence-electron chi connectivity index (χ1n) is 9.34. The minimum Gasteiger partial charge on any atom is -0.507 e. The molecule has 0 saturated heterocycles. The number of methoxy groups -OCH3 is 1. The summed E-state index contributed by atoms with van der Waals surface area (Å²) in [7, 11) is 1.71. The van der Waals surface area contributed by atoms with E-state index in [2.05, 4.69) is 13.0 Å². The highest BCUT2D eigenvalue weighted by molar-refractivity contribution is 5.94. The van der Waals surface area contributed by atoms with Crippen molar-refractivity contribution in [1.29, 1.82) is 0 Å². The fourth-order valence-electron chi connectivity index (χ4n) is 3.51. The molecule has 0 saturated carbocycles. The van der Waals surface area contributed by atoms with Gasteiger partial charge in [-0.05, 0) is 30.7 Å². The summed E-state index contributed by atoms with van der Waals surface area (Å²) in [5.41, 5.74) is 3.99. The van der Waals surface area contributed by atoms with E-state index in [0.717, 1.165) is 40.0 Å². The molecular weight excluding hydrogens is 348 g/mol. The van der Waals surface area contributed by atoms with Crippen LogP contribution in [0.5, 0.6) is 5.75 Å². The van der Waals surface area contributed by atoms with E-state index in [1.54, 1.807) is 19.2 Å². The number of aromatic hydroxyl groups is 1. The molecule has 0 radical (unpaired) electrons. The quantitative estimate of drug-likeness (QED) is 0.590. The van der Waals surface area contributed by atoms with Gasteiger partial charge in [-0.25, -0.2) is 4.98 Å². The number of nitrogens with zero attached hydrogens (tertiary/aromatic N) is 2. The van der Waals surface area contributed by atoms with Gasteiger partial charge in [0, 0.05) is 28.7 Å². The molecule has 3 aromatic rings. The number of phenols is 1. The van der Waals surface area contributed by atoms with Crippen LogP contribution in [0.2, 0.25) is 0 Å². The fraction of sp³-hybridized carbons (Fsp3) is 0.167. The Bertz CT molecular complexity index is 1110. The van der Waals surface area contributed by atoms with Crippen LogP contribution in [0.3, 0.4) is 0 Å². The van der Waals surface area contributed by atoms with Gasteiger partial charge in [-0.3, -0.25) is 4.99 Å². The second-order valence-corrected chi connectivity index (χ2v) is 6.88. The van der Waals surface area contributed by atoms with Crippen molar-refractivity contribution in [3.05, 3.63) is 78.1 Å². The third-order valence-corrected chi connectivity index (χ3v) is 4.96. The van der Waals surface area contributed by atoms with Crippen molar-refractivity contribution < 1.29 is 9.84 Å². The summed E-state index contributed by atoms with van der Waals surface area (Å²) >= 11 is 0. The third kappa shape index (κ3) is 3.41. The number of ether oxygens (including phenoxy) is 1. The molecule has 4 rings (SSSR count).